The molecular weight excluding hydrogens is 552 g/mol. The Balaban J connectivity index is 1.60. The molecule has 1 fully saturated rings. The molecule has 1 heterocycles. The number of hydrogen-bond donors (Lipinski definition) is 0. The van der Waals surface area contributed by atoms with Gasteiger partial charge in [-0.15, -0.1) is 0 Å². The number of benzene rings is 3. The van der Waals surface area contributed by atoms with Gasteiger partial charge < -0.3 is 24.0 Å². The molecule has 0 bridgehead atoms. The maximum Gasteiger partial charge on any atom is 0.338 e. The van der Waals surface area contributed by atoms with E-state index in [1.54, 1.807) is 0 Å². The molecule has 0 spiro atoms. The number of esters is 2. The first-order chi connectivity index (χ1) is 21.0. The summed E-state index contributed by atoms with van der Waals surface area (Å²) in [5.41, 5.74) is 7.13. The van der Waals surface area contributed by atoms with Gasteiger partial charge in [-0.1, -0.05) is 45.0 Å². The predicted octanol–water partition coefficient (Wildman–Crippen LogP) is 7.36. The van der Waals surface area contributed by atoms with Gasteiger partial charge >= 0.3 is 11.9 Å². The highest BCUT2D eigenvalue weighted by atomic mass is 16.6. The van der Waals surface area contributed by atoms with Crippen LogP contribution in [0, 0.1) is 0 Å². The largest absolute Gasteiger partial charge is 0.489 e. The second-order valence-corrected chi connectivity index (χ2v) is 12.8. The molecule has 0 aliphatic carbocycles. The molecule has 1 aliphatic heterocycles. The van der Waals surface area contributed by atoms with Crippen molar-refractivity contribution in [2.75, 3.05) is 58.5 Å². The van der Waals surface area contributed by atoms with E-state index < -0.39 is 0 Å². The van der Waals surface area contributed by atoms with E-state index in [1.165, 1.54) is 31.0 Å². The highest BCUT2D eigenvalue weighted by Gasteiger charge is 2.24. The highest BCUT2D eigenvalue weighted by molar-refractivity contribution is 5.90. The Morgan fingerprint density at radius 2 is 1.48 bits per heavy atom. The first-order valence-electron chi connectivity index (χ1n) is 15.8. The Hall–Kier alpha value is -3.84. The van der Waals surface area contributed by atoms with Crippen molar-refractivity contribution >= 4 is 17.6 Å². The fourth-order valence-electron chi connectivity index (χ4n) is 5.51. The summed E-state index contributed by atoms with van der Waals surface area (Å²) in [5, 5.41) is 0. The zero-order valence-corrected chi connectivity index (χ0v) is 27.3. The standard InChI is InChI=1S/C37H48N2O5/c1-27(40)42-23-24-43-35-18-16-30(28-11-13-29(14-12-28)36(41)44-22-10-9-19-38(5)6)25-32(35)31-15-17-34(39-20-7-8-21-39)33(26-31)37(2,3)4/h11-18,25-26H,7-10,19-24H2,1-6H3. The predicted molar refractivity (Wildman–Crippen MR) is 178 cm³/mol. The van der Waals surface area contributed by atoms with Crippen molar-refractivity contribution in [2.45, 2.75) is 58.8 Å². The summed E-state index contributed by atoms with van der Waals surface area (Å²) in [6, 6.07) is 20.4. The molecule has 0 amide bonds. The molecule has 3 aromatic carbocycles. The van der Waals surface area contributed by atoms with Gasteiger partial charge in [-0.2, -0.15) is 0 Å². The Kier molecular flexibility index (Phi) is 11.5. The summed E-state index contributed by atoms with van der Waals surface area (Å²) < 4.78 is 16.7. The third kappa shape index (κ3) is 9.08. The first-order valence-corrected chi connectivity index (χ1v) is 15.8. The molecule has 1 aliphatic rings. The van der Waals surface area contributed by atoms with Gasteiger partial charge in [0.1, 0.15) is 19.0 Å². The number of unbranched alkanes of at least 4 members (excludes halogenated alkanes) is 1. The first kappa shape index (κ1) is 33.1. The van der Waals surface area contributed by atoms with Crippen molar-refractivity contribution < 1.29 is 23.8 Å². The number of ether oxygens (including phenoxy) is 3. The van der Waals surface area contributed by atoms with E-state index in [2.05, 4.69) is 54.8 Å². The number of rotatable bonds is 13. The third-order valence-electron chi connectivity index (χ3n) is 7.87. The third-order valence-corrected chi connectivity index (χ3v) is 7.87. The van der Waals surface area contributed by atoms with Crippen LogP contribution in [0.15, 0.2) is 60.7 Å². The summed E-state index contributed by atoms with van der Waals surface area (Å²) in [6.45, 7) is 12.2. The van der Waals surface area contributed by atoms with E-state index in [1.807, 2.05) is 50.5 Å². The van der Waals surface area contributed by atoms with Crippen molar-refractivity contribution in [1.29, 1.82) is 0 Å². The number of nitrogens with zero attached hydrogens (tertiary/aromatic N) is 2. The molecule has 1 saturated heterocycles. The van der Waals surface area contributed by atoms with E-state index in [-0.39, 0.29) is 30.6 Å². The lowest BCUT2D eigenvalue weighted by atomic mass is 9.83. The van der Waals surface area contributed by atoms with Crippen LogP contribution in [0.1, 0.15) is 69.3 Å². The normalized spacial score (nSPS) is 13.3. The van der Waals surface area contributed by atoms with E-state index >= 15 is 0 Å². The molecule has 44 heavy (non-hydrogen) atoms. The maximum atomic E-state index is 12.6. The molecule has 7 heteroatoms. The second-order valence-electron chi connectivity index (χ2n) is 12.8. The molecule has 0 saturated carbocycles. The van der Waals surface area contributed by atoms with Crippen molar-refractivity contribution in [2.24, 2.45) is 0 Å². The van der Waals surface area contributed by atoms with Crippen LogP contribution in [-0.2, 0) is 19.7 Å². The lowest BCUT2D eigenvalue weighted by Gasteiger charge is -2.29. The summed E-state index contributed by atoms with van der Waals surface area (Å²) in [7, 11) is 4.08. The lowest BCUT2D eigenvalue weighted by molar-refractivity contribution is -0.141. The molecule has 0 unspecified atom stereocenters. The summed E-state index contributed by atoms with van der Waals surface area (Å²) in [6.07, 6.45) is 4.28. The number of carbonyl (C=O) groups excluding carboxylic acids is 2. The number of anilines is 1. The van der Waals surface area contributed by atoms with Crippen molar-refractivity contribution in [3.63, 3.8) is 0 Å². The highest BCUT2D eigenvalue weighted by Crippen LogP contribution is 2.40. The lowest BCUT2D eigenvalue weighted by Crippen LogP contribution is -2.23. The van der Waals surface area contributed by atoms with E-state index in [0.717, 1.165) is 60.5 Å². The zero-order chi connectivity index (χ0) is 31.7. The quantitative estimate of drug-likeness (QED) is 0.150. The molecule has 3 aromatic rings. The molecular formula is C37H48N2O5. The van der Waals surface area contributed by atoms with Crippen LogP contribution in [0.25, 0.3) is 22.3 Å². The van der Waals surface area contributed by atoms with Crippen LogP contribution in [-0.4, -0.2) is 70.4 Å². The minimum absolute atomic E-state index is 0.0430. The summed E-state index contributed by atoms with van der Waals surface area (Å²) in [5.74, 6) is 0.101. The Morgan fingerprint density at radius 3 is 2.14 bits per heavy atom. The molecule has 4 rings (SSSR count). The number of hydrogen-bond acceptors (Lipinski definition) is 7. The van der Waals surface area contributed by atoms with Gasteiger partial charge in [-0.05, 0) is 110 Å². The molecule has 0 aromatic heterocycles. The Labute approximate surface area is 263 Å². The van der Waals surface area contributed by atoms with E-state index in [9.17, 15) is 9.59 Å². The molecule has 0 atom stereocenters. The minimum atomic E-state index is -0.326. The van der Waals surface area contributed by atoms with Crippen molar-refractivity contribution in [3.05, 3.63) is 71.8 Å². The molecule has 7 nitrogen and oxygen atoms in total. The summed E-state index contributed by atoms with van der Waals surface area (Å²) >= 11 is 0. The zero-order valence-electron chi connectivity index (χ0n) is 27.3. The van der Waals surface area contributed by atoms with Crippen LogP contribution in [0.5, 0.6) is 5.75 Å². The topological polar surface area (TPSA) is 68.3 Å². The summed E-state index contributed by atoms with van der Waals surface area (Å²) in [4.78, 5) is 28.5. The van der Waals surface area contributed by atoms with Gasteiger partial charge in [0.15, 0.2) is 0 Å². The fraction of sp³-hybridized carbons (Fsp3) is 0.459. The Morgan fingerprint density at radius 1 is 0.795 bits per heavy atom. The average molecular weight is 601 g/mol. The van der Waals surface area contributed by atoms with Gasteiger partial charge in [0.2, 0.25) is 0 Å². The van der Waals surface area contributed by atoms with Gasteiger partial charge in [0.05, 0.1) is 12.2 Å². The second kappa shape index (κ2) is 15.2. The number of carbonyl (C=O) groups is 2. The minimum Gasteiger partial charge on any atom is -0.489 e. The van der Waals surface area contributed by atoms with Gasteiger partial charge in [0, 0.05) is 31.3 Å². The maximum absolute atomic E-state index is 12.6. The molecule has 236 valence electrons. The Bertz CT molecular complexity index is 1400. The van der Waals surface area contributed by atoms with Crippen LogP contribution in [0.4, 0.5) is 5.69 Å². The van der Waals surface area contributed by atoms with Crippen molar-refractivity contribution in [3.8, 4) is 28.0 Å². The molecule has 0 N–H and O–H groups in total. The smallest absolute Gasteiger partial charge is 0.338 e. The van der Waals surface area contributed by atoms with E-state index in [4.69, 9.17) is 14.2 Å². The van der Waals surface area contributed by atoms with Crippen LogP contribution < -0.4 is 9.64 Å². The van der Waals surface area contributed by atoms with E-state index in [0.29, 0.717) is 12.2 Å². The SMILES string of the molecule is CC(=O)OCCOc1ccc(-c2ccc(C(=O)OCCCCN(C)C)cc2)cc1-c1ccc(N2CCCC2)c(C(C)(C)C)c1. The van der Waals surface area contributed by atoms with Crippen molar-refractivity contribution in [1.82, 2.24) is 4.90 Å². The average Bonchev–Trinajstić information content (AvgIpc) is 3.53. The van der Waals surface area contributed by atoms with Crippen LogP contribution in [0.3, 0.4) is 0 Å². The monoisotopic (exact) mass is 600 g/mol. The van der Waals surface area contributed by atoms with Gasteiger partial charge in [-0.3, -0.25) is 4.79 Å². The van der Waals surface area contributed by atoms with Crippen LogP contribution in [0.2, 0.25) is 0 Å². The van der Waals surface area contributed by atoms with Gasteiger partial charge in [0.25, 0.3) is 0 Å². The van der Waals surface area contributed by atoms with Crippen LogP contribution >= 0.6 is 0 Å². The molecule has 0 radical (unpaired) electrons. The van der Waals surface area contributed by atoms with Gasteiger partial charge in [-0.25, -0.2) is 4.79 Å². The fourth-order valence-corrected chi connectivity index (χ4v) is 5.51.